The number of benzene rings is 3. The Hall–Kier alpha value is -4.47. The lowest BCUT2D eigenvalue weighted by atomic mass is 9.71. The van der Waals surface area contributed by atoms with Crippen LogP contribution in [0, 0.1) is 5.82 Å². The van der Waals surface area contributed by atoms with E-state index in [0.29, 0.717) is 54.1 Å². The first-order valence-corrected chi connectivity index (χ1v) is 13.0. The molecule has 1 spiro atoms. The van der Waals surface area contributed by atoms with Crippen molar-refractivity contribution in [1.29, 1.82) is 0 Å². The van der Waals surface area contributed by atoms with Crippen molar-refractivity contribution in [1.82, 2.24) is 4.90 Å². The average Bonchev–Trinajstić information content (AvgIpc) is 3.40. The van der Waals surface area contributed by atoms with Crippen LogP contribution in [0.4, 0.5) is 23.2 Å². The molecule has 1 aliphatic carbocycles. The summed E-state index contributed by atoms with van der Waals surface area (Å²) in [5.74, 6) is -4.63. The molecule has 0 aromatic heterocycles. The Bertz CT molecular complexity index is 1560. The molecule has 2 aliphatic rings. The van der Waals surface area contributed by atoms with E-state index in [4.69, 9.17) is 0 Å². The molecule has 1 fully saturated rings. The number of carboxylic acid groups (broad SMARTS) is 1. The molecule has 2 N–H and O–H groups in total. The molecule has 3 aromatic rings. The van der Waals surface area contributed by atoms with Gasteiger partial charge >= 0.3 is 12.1 Å². The first-order chi connectivity index (χ1) is 19.5. The van der Waals surface area contributed by atoms with Crippen LogP contribution in [0.25, 0.3) is 11.1 Å². The van der Waals surface area contributed by atoms with Crippen LogP contribution in [0.15, 0.2) is 73.3 Å². The molecule has 41 heavy (non-hydrogen) atoms. The molecule has 3 aromatic carbocycles. The van der Waals surface area contributed by atoms with E-state index in [1.807, 2.05) is 0 Å². The lowest BCUT2D eigenvalue weighted by molar-refractivity contribution is -0.143. The number of anilines is 1. The maximum Gasteiger partial charge on any atom is 0.419 e. The summed E-state index contributed by atoms with van der Waals surface area (Å²) in [5.41, 5.74) is -0.268. The number of alkyl halides is 3. The monoisotopic (exact) mass is 566 g/mol. The van der Waals surface area contributed by atoms with Crippen LogP contribution in [-0.4, -0.2) is 33.3 Å². The van der Waals surface area contributed by atoms with Gasteiger partial charge in [-0.25, -0.2) is 4.39 Å². The molecule has 1 aliphatic heterocycles. The number of aliphatic carboxylic acids is 1. The van der Waals surface area contributed by atoms with Crippen LogP contribution in [-0.2, 0) is 22.3 Å². The molecule has 0 unspecified atom stereocenters. The molecule has 10 heteroatoms. The highest BCUT2D eigenvalue weighted by Crippen LogP contribution is 2.51. The van der Waals surface area contributed by atoms with E-state index in [9.17, 15) is 37.1 Å². The van der Waals surface area contributed by atoms with Crippen molar-refractivity contribution in [2.45, 2.75) is 49.9 Å². The quantitative estimate of drug-likeness (QED) is 0.255. The Kier molecular flexibility index (Phi) is 7.19. The Morgan fingerprint density at radius 1 is 1.05 bits per heavy atom. The molecule has 0 radical (unpaired) electrons. The summed E-state index contributed by atoms with van der Waals surface area (Å²) in [4.78, 5) is 40.2. The van der Waals surface area contributed by atoms with Crippen molar-refractivity contribution >= 4 is 23.5 Å². The molecule has 2 amide bonds. The van der Waals surface area contributed by atoms with Crippen LogP contribution in [0.1, 0.15) is 58.6 Å². The first-order valence-electron chi connectivity index (χ1n) is 13.0. The van der Waals surface area contributed by atoms with Gasteiger partial charge in [-0.2, -0.15) is 13.2 Å². The van der Waals surface area contributed by atoms with Crippen LogP contribution in [0.5, 0.6) is 0 Å². The lowest BCUT2D eigenvalue weighted by Gasteiger charge is -2.49. The number of fused-ring (bicyclic) bond motifs is 1. The second kappa shape index (κ2) is 10.5. The van der Waals surface area contributed by atoms with Crippen molar-refractivity contribution in [2.24, 2.45) is 0 Å². The summed E-state index contributed by atoms with van der Waals surface area (Å²) in [6, 6.07) is 14.3. The fraction of sp³-hybridized carbons (Fsp3) is 0.258. The van der Waals surface area contributed by atoms with Gasteiger partial charge in [0.25, 0.3) is 5.91 Å². The summed E-state index contributed by atoms with van der Waals surface area (Å²) in [6.07, 6.45) is -1.69. The van der Waals surface area contributed by atoms with E-state index >= 15 is 0 Å². The number of amides is 2. The minimum Gasteiger partial charge on any atom is -0.481 e. The molecule has 6 nitrogen and oxygen atoms in total. The van der Waals surface area contributed by atoms with Crippen molar-refractivity contribution in [3.63, 3.8) is 0 Å². The van der Waals surface area contributed by atoms with Gasteiger partial charge in [0.05, 0.1) is 11.1 Å². The van der Waals surface area contributed by atoms with E-state index in [0.717, 1.165) is 18.2 Å². The van der Waals surface area contributed by atoms with Gasteiger partial charge in [-0.1, -0.05) is 49.8 Å². The summed E-state index contributed by atoms with van der Waals surface area (Å²) in [7, 11) is 0. The van der Waals surface area contributed by atoms with Crippen LogP contribution < -0.4 is 5.32 Å². The smallest absolute Gasteiger partial charge is 0.419 e. The third kappa shape index (κ3) is 4.98. The number of para-hydroxylation sites is 1. The Balaban J connectivity index is 1.61. The van der Waals surface area contributed by atoms with Gasteiger partial charge in [0.2, 0.25) is 5.91 Å². The van der Waals surface area contributed by atoms with E-state index in [2.05, 4.69) is 11.9 Å². The average molecular weight is 567 g/mol. The number of nitrogens with one attached hydrogen (secondary N) is 1. The maximum absolute atomic E-state index is 14.4. The summed E-state index contributed by atoms with van der Waals surface area (Å²) >= 11 is 0. The van der Waals surface area contributed by atoms with E-state index < -0.39 is 46.8 Å². The third-order valence-electron chi connectivity index (χ3n) is 7.99. The number of nitrogens with zero attached hydrogens (tertiary/aromatic N) is 1. The minimum absolute atomic E-state index is 0.131. The standard InChI is InChI=1S/C31H26F4N2O4/c1-2-26(38)36-25-8-4-3-7-20(25)19-10-11-21-22(16-19)27(29(40)41)30(13-5-6-14-30)37(28(21)39)17-18-9-12-23(24(32)15-18)31(33,34)35/h2-4,7-12,15-16,27H,1,5-6,13-14,17H2,(H,36,38)(H,40,41)/t27-/m1/s1. The molecular formula is C31H26F4N2O4. The zero-order valence-corrected chi connectivity index (χ0v) is 21.8. The Morgan fingerprint density at radius 2 is 1.76 bits per heavy atom. The molecule has 1 saturated carbocycles. The van der Waals surface area contributed by atoms with E-state index in [-0.39, 0.29) is 17.7 Å². The van der Waals surface area contributed by atoms with Gasteiger partial charge in [-0.3, -0.25) is 14.4 Å². The fourth-order valence-electron chi connectivity index (χ4n) is 6.19. The predicted molar refractivity (Wildman–Crippen MR) is 144 cm³/mol. The number of hydrogen-bond acceptors (Lipinski definition) is 3. The van der Waals surface area contributed by atoms with Gasteiger partial charge in [0, 0.05) is 23.4 Å². The topological polar surface area (TPSA) is 86.7 Å². The Morgan fingerprint density at radius 3 is 2.39 bits per heavy atom. The fourth-order valence-corrected chi connectivity index (χ4v) is 6.19. The highest BCUT2D eigenvalue weighted by molar-refractivity contribution is 6.03. The zero-order valence-electron chi connectivity index (χ0n) is 21.8. The van der Waals surface area contributed by atoms with Crippen molar-refractivity contribution in [3.8, 4) is 11.1 Å². The van der Waals surface area contributed by atoms with Gasteiger partial charge in [-0.05, 0) is 65.9 Å². The molecule has 1 atom stereocenters. The van der Waals surface area contributed by atoms with Gasteiger partial charge in [0.1, 0.15) is 11.7 Å². The van der Waals surface area contributed by atoms with Crippen molar-refractivity contribution < 1.29 is 37.1 Å². The minimum atomic E-state index is -4.87. The molecule has 212 valence electrons. The lowest BCUT2D eigenvalue weighted by Crippen LogP contribution is -2.58. The number of halogens is 4. The third-order valence-corrected chi connectivity index (χ3v) is 7.99. The molecule has 0 bridgehead atoms. The summed E-state index contributed by atoms with van der Waals surface area (Å²) in [6.45, 7) is 3.22. The zero-order chi connectivity index (χ0) is 29.5. The van der Waals surface area contributed by atoms with Gasteiger partial charge in [0.15, 0.2) is 0 Å². The largest absolute Gasteiger partial charge is 0.481 e. The van der Waals surface area contributed by atoms with Crippen LogP contribution >= 0.6 is 0 Å². The predicted octanol–water partition coefficient (Wildman–Crippen LogP) is 6.77. The summed E-state index contributed by atoms with van der Waals surface area (Å²) in [5, 5.41) is 13.3. The van der Waals surface area contributed by atoms with E-state index in [1.54, 1.807) is 36.4 Å². The maximum atomic E-state index is 14.4. The molecule has 0 saturated heterocycles. The van der Waals surface area contributed by atoms with Gasteiger partial charge in [-0.15, -0.1) is 0 Å². The number of carboxylic acids is 1. The van der Waals surface area contributed by atoms with Crippen molar-refractivity contribution in [3.05, 3.63) is 101 Å². The van der Waals surface area contributed by atoms with Gasteiger partial charge < -0.3 is 15.3 Å². The molecule has 5 rings (SSSR count). The number of rotatable bonds is 6. The highest BCUT2D eigenvalue weighted by atomic mass is 19.4. The number of hydrogen-bond donors (Lipinski definition) is 2. The van der Waals surface area contributed by atoms with E-state index in [1.165, 1.54) is 11.0 Å². The molecule has 1 heterocycles. The summed E-state index contributed by atoms with van der Waals surface area (Å²) < 4.78 is 53.7. The number of carbonyl (C=O) groups excluding carboxylic acids is 2. The Labute approximate surface area is 233 Å². The SMILES string of the molecule is C=CC(=O)Nc1ccccc1-c1ccc2c(c1)[C@H](C(=O)O)C1(CCCC1)N(Cc1ccc(C(F)(F)F)c(F)c1)C2=O. The first kappa shape index (κ1) is 28.1. The highest BCUT2D eigenvalue weighted by Gasteiger charge is 2.56. The molecular weight excluding hydrogens is 540 g/mol. The second-order valence-corrected chi connectivity index (χ2v) is 10.3. The number of carbonyl (C=O) groups is 3. The van der Waals surface area contributed by atoms with Crippen molar-refractivity contribution in [2.75, 3.05) is 5.32 Å². The van der Waals surface area contributed by atoms with Crippen LogP contribution in [0.3, 0.4) is 0 Å². The van der Waals surface area contributed by atoms with Crippen LogP contribution in [0.2, 0.25) is 0 Å². The normalized spacial score (nSPS) is 17.8. The second-order valence-electron chi connectivity index (χ2n) is 10.3.